The van der Waals surface area contributed by atoms with E-state index in [1.165, 1.54) is 7.11 Å². The van der Waals surface area contributed by atoms with E-state index in [4.69, 9.17) is 22.8 Å². The Kier molecular flexibility index (Phi) is 8.34. The maximum absolute atomic E-state index is 13.2. The summed E-state index contributed by atoms with van der Waals surface area (Å²) in [5.74, 6) is 2.01. The van der Waals surface area contributed by atoms with Crippen molar-refractivity contribution in [3.05, 3.63) is 28.9 Å². The zero-order valence-electron chi connectivity index (χ0n) is 20.6. The average Bonchev–Trinajstić information content (AvgIpc) is 3.22. The number of H-pyrrole nitrogens is 1. The molecular weight excluding hydrogens is 468 g/mol. The maximum Gasteiger partial charge on any atom is 0.268 e. The van der Waals surface area contributed by atoms with Gasteiger partial charge in [0.25, 0.3) is 5.91 Å². The molecule has 2 aromatic rings. The maximum atomic E-state index is 13.2. The summed E-state index contributed by atoms with van der Waals surface area (Å²) in [7, 11) is 1.53. The van der Waals surface area contributed by atoms with Crippen LogP contribution in [0.1, 0.15) is 56.9 Å². The monoisotopic (exact) mass is 500 g/mol. The third-order valence-corrected chi connectivity index (χ3v) is 6.22. The van der Waals surface area contributed by atoms with Crippen molar-refractivity contribution < 1.29 is 19.1 Å². The Morgan fingerprint density at radius 3 is 2.66 bits per heavy atom. The number of fused-ring (bicyclic) bond motifs is 1. The van der Waals surface area contributed by atoms with Crippen LogP contribution in [0, 0.1) is 23.7 Å². The number of hydrogen-bond donors (Lipinski definition) is 4. The molecule has 35 heavy (non-hydrogen) atoms. The first-order chi connectivity index (χ1) is 16.5. The van der Waals surface area contributed by atoms with E-state index >= 15 is 0 Å². The van der Waals surface area contributed by atoms with Crippen LogP contribution in [-0.4, -0.2) is 48.4 Å². The average molecular weight is 501 g/mol. The summed E-state index contributed by atoms with van der Waals surface area (Å²) in [5.41, 5.74) is 0.676. The minimum absolute atomic E-state index is 0.0420. The molecule has 8 nitrogen and oxygen atoms in total. The normalized spacial score (nSPS) is 17.7. The zero-order chi connectivity index (χ0) is 25.8. The van der Waals surface area contributed by atoms with Crippen molar-refractivity contribution >= 4 is 40.2 Å². The smallest absolute Gasteiger partial charge is 0.268 e. The minimum atomic E-state index is -0.824. The van der Waals surface area contributed by atoms with Crippen molar-refractivity contribution in [1.82, 2.24) is 20.9 Å². The highest BCUT2D eigenvalue weighted by molar-refractivity contribution is 6.31. The van der Waals surface area contributed by atoms with Crippen molar-refractivity contribution in [3.63, 3.8) is 0 Å². The summed E-state index contributed by atoms with van der Waals surface area (Å²) in [5, 5.41) is 9.71. The van der Waals surface area contributed by atoms with Gasteiger partial charge in [0.05, 0.1) is 18.7 Å². The van der Waals surface area contributed by atoms with E-state index in [1.54, 1.807) is 18.2 Å². The van der Waals surface area contributed by atoms with E-state index < -0.39 is 18.0 Å². The molecule has 0 saturated carbocycles. The topological polar surface area (TPSA) is 112 Å². The number of methoxy groups -OCH3 is 1. The molecule has 3 rings (SSSR count). The molecule has 1 fully saturated rings. The number of aromatic amines is 1. The Balaban J connectivity index is 1.76. The van der Waals surface area contributed by atoms with Crippen LogP contribution in [0.5, 0.6) is 5.75 Å². The summed E-state index contributed by atoms with van der Waals surface area (Å²) >= 11 is 6.14. The number of nitrogens with one attached hydrogen (secondary N) is 4. The van der Waals surface area contributed by atoms with Crippen LogP contribution in [0.15, 0.2) is 18.2 Å². The van der Waals surface area contributed by atoms with Gasteiger partial charge >= 0.3 is 0 Å². The van der Waals surface area contributed by atoms with Gasteiger partial charge in [0.2, 0.25) is 11.8 Å². The molecule has 1 aromatic carbocycles. The lowest BCUT2D eigenvalue weighted by Gasteiger charge is -2.28. The number of terminal acetylenes is 1. The number of carbonyl (C=O) groups excluding carboxylic acids is 3. The molecule has 9 heteroatoms. The molecule has 0 unspecified atom stereocenters. The molecule has 0 aliphatic carbocycles. The standard InChI is InChI=1S/C26H33ClN4O4/c1-6-17(10-15-8-7-9-28-23(15)32)29-25(34)21(14-26(2,3)4)31-24(33)20-13-18-19(30-20)11-16(27)12-22(18)35-5/h1,11-13,15,17,21,30H,7-10,14H2,2-5H3,(H,28,32)(H,29,34)(H,31,33)/t15-,17+,21-/m0/s1. The molecule has 1 aromatic heterocycles. The summed E-state index contributed by atoms with van der Waals surface area (Å²) in [4.78, 5) is 41.5. The van der Waals surface area contributed by atoms with E-state index in [2.05, 4.69) is 26.9 Å². The van der Waals surface area contributed by atoms with E-state index in [9.17, 15) is 14.4 Å². The Bertz CT molecular complexity index is 1140. The fourth-order valence-corrected chi connectivity index (χ4v) is 4.51. The number of halogens is 1. The first-order valence-corrected chi connectivity index (χ1v) is 12.1. The molecule has 1 aliphatic rings. The lowest BCUT2D eigenvalue weighted by Crippen LogP contribution is -2.51. The fourth-order valence-electron chi connectivity index (χ4n) is 4.31. The van der Waals surface area contributed by atoms with Crippen molar-refractivity contribution in [1.29, 1.82) is 0 Å². The van der Waals surface area contributed by atoms with Crippen LogP contribution in [-0.2, 0) is 9.59 Å². The minimum Gasteiger partial charge on any atom is -0.496 e. The number of carbonyl (C=O) groups is 3. The first-order valence-electron chi connectivity index (χ1n) is 11.7. The molecular formula is C26H33ClN4O4. The van der Waals surface area contributed by atoms with Gasteiger partial charge < -0.3 is 25.7 Å². The molecule has 1 aliphatic heterocycles. The molecule has 0 spiro atoms. The van der Waals surface area contributed by atoms with Gasteiger partial charge in [-0.25, -0.2) is 0 Å². The number of hydrogen-bond acceptors (Lipinski definition) is 4. The second-order valence-corrected chi connectivity index (χ2v) is 10.6. The van der Waals surface area contributed by atoms with Gasteiger partial charge in [-0.05, 0) is 49.3 Å². The largest absolute Gasteiger partial charge is 0.496 e. The fraction of sp³-hybridized carbons (Fsp3) is 0.500. The van der Waals surface area contributed by atoms with E-state index in [0.29, 0.717) is 41.1 Å². The molecule has 0 radical (unpaired) electrons. The molecule has 0 bridgehead atoms. The van der Waals surface area contributed by atoms with Gasteiger partial charge in [-0.15, -0.1) is 6.42 Å². The highest BCUT2D eigenvalue weighted by atomic mass is 35.5. The van der Waals surface area contributed by atoms with Crippen molar-refractivity contribution in [3.8, 4) is 18.1 Å². The van der Waals surface area contributed by atoms with Crippen molar-refractivity contribution in [2.24, 2.45) is 11.3 Å². The molecule has 2 heterocycles. The number of piperidine rings is 1. The second-order valence-electron chi connectivity index (χ2n) is 10.1. The Labute approximate surface area is 210 Å². The number of benzene rings is 1. The zero-order valence-corrected chi connectivity index (χ0v) is 21.3. The van der Waals surface area contributed by atoms with E-state index in [1.807, 2.05) is 20.8 Å². The van der Waals surface area contributed by atoms with Crippen LogP contribution in [0.25, 0.3) is 10.9 Å². The van der Waals surface area contributed by atoms with Crippen molar-refractivity contribution in [2.75, 3.05) is 13.7 Å². The van der Waals surface area contributed by atoms with Gasteiger partial charge in [-0.1, -0.05) is 38.3 Å². The van der Waals surface area contributed by atoms with Crippen LogP contribution in [0.2, 0.25) is 5.02 Å². The molecule has 188 valence electrons. The predicted molar refractivity (Wildman–Crippen MR) is 136 cm³/mol. The number of amides is 3. The molecule has 3 atom stereocenters. The quantitative estimate of drug-likeness (QED) is 0.416. The number of aromatic nitrogens is 1. The Morgan fingerprint density at radius 2 is 2.03 bits per heavy atom. The highest BCUT2D eigenvalue weighted by Gasteiger charge is 2.31. The lowest BCUT2D eigenvalue weighted by atomic mass is 9.87. The molecule has 1 saturated heterocycles. The lowest BCUT2D eigenvalue weighted by molar-refractivity contribution is -0.128. The van der Waals surface area contributed by atoms with Gasteiger partial charge in [0, 0.05) is 22.9 Å². The highest BCUT2D eigenvalue weighted by Crippen LogP contribution is 2.30. The second kappa shape index (κ2) is 11.0. The van der Waals surface area contributed by atoms with Crippen molar-refractivity contribution in [2.45, 2.75) is 58.5 Å². The summed E-state index contributed by atoms with van der Waals surface area (Å²) in [6, 6.07) is 3.60. The van der Waals surface area contributed by atoms with E-state index in [0.717, 1.165) is 12.8 Å². The first kappa shape index (κ1) is 26.4. The third kappa shape index (κ3) is 6.92. The molecule has 3 amide bonds. The summed E-state index contributed by atoms with van der Waals surface area (Å²) < 4.78 is 5.37. The third-order valence-electron chi connectivity index (χ3n) is 6.00. The van der Waals surface area contributed by atoms with Crippen LogP contribution in [0.3, 0.4) is 0 Å². The Morgan fingerprint density at radius 1 is 1.29 bits per heavy atom. The van der Waals surface area contributed by atoms with Gasteiger partial charge in [-0.2, -0.15) is 0 Å². The van der Waals surface area contributed by atoms with Crippen LogP contribution in [0.4, 0.5) is 0 Å². The summed E-state index contributed by atoms with van der Waals surface area (Å²) in [6.07, 6.45) is 8.03. The van der Waals surface area contributed by atoms with Gasteiger partial charge in [0.15, 0.2) is 0 Å². The Hall–Kier alpha value is -3.18. The SMILES string of the molecule is C#C[C@H](C[C@@H]1CCCNC1=O)NC(=O)[C@H](CC(C)(C)C)NC(=O)c1cc2c(OC)cc(Cl)cc2[nH]1. The van der Waals surface area contributed by atoms with Gasteiger partial charge in [-0.3, -0.25) is 14.4 Å². The van der Waals surface area contributed by atoms with Gasteiger partial charge in [0.1, 0.15) is 17.5 Å². The predicted octanol–water partition coefficient (Wildman–Crippen LogP) is 3.40. The van der Waals surface area contributed by atoms with Crippen LogP contribution >= 0.6 is 11.6 Å². The molecule has 4 N–H and O–H groups in total. The number of ether oxygens (including phenoxy) is 1. The summed E-state index contributed by atoms with van der Waals surface area (Å²) in [6.45, 7) is 6.62. The van der Waals surface area contributed by atoms with Crippen LogP contribution < -0.4 is 20.7 Å². The number of rotatable bonds is 8. The van der Waals surface area contributed by atoms with E-state index in [-0.39, 0.29) is 28.8 Å².